The standard InChI is InChI=1S/C15H26N2O5/c1-4-5-6-13(19)14(20)17-12(8-7-11(18)9-16)15(21)22-10(2)3/h9-10,12-13,16,19H,4-8H2,1-3H3,(H,17,20)/t12-,13-/m0/s1. The first-order valence-corrected chi connectivity index (χ1v) is 7.54. The van der Waals surface area contributed by atoms with Crippen molar-refractivity contribution in [3.63, 3.8) is 0 Å². The molecule has 0 aromatic rings. The van der Waals surface area contributed by atoms with Gasteiger partial charge in [-0.05, 0) is 26.7 Å². The number of nitrogens with one attached hydrogen (secondary N) is 2. The third-order valence-electron chi connectivity index (χ3n) is 2.93. The van der Waals surface area contributed by atoms with Crippen LogP contribution in [-0.4, -0.2) is 47.2 Å². The van der Waals surface area contributed by atoms with Crippen LogP contribution in [0.15, 0.2) is 0 Å². The molecular formula is C15H26N2O5. The summed E-state index contributed by atoms with van der Waals surface area (Å²) in [5.41, 5.74) is 0. The van der Waals surface area contributed by atoms with E-state index in [-0.39, 0.29) is 18.9 Å². The highest BCUT2D eigenvalue weighted by atomic mass is 16.5. The molecule has 0 saturated heterocycles. The fourth-order valence-corrected chi connectivity index (χ4v) is 1.72. The van der Waals surface area contributed by atoms with Crippen LogP contribution < -0.4 is 5.32 Å². The number of rotatable bonds is 11. The molecule has 0 rings (SSSR count). The molecule has 126 valence electrons. The van der Waals surface area contributed by atoms with Crippen LogP contribution in [0.4, 0.5) is 0 Å². The van der Waals surface area contributed by atoms with E-state index in [0.717, 1.165) is 6.42 Å². The number of esters is 1. The Labute approximate surface area is 130 Å². The van der Waals surface area contributed by atoms with Crippen molar-refractivity contribution >= 4 is 23.9 Å². The summed E-state index contributed by atoms with van der Waals surface area (Å²) in [6.45, 7) is 5.29. The van der Waals surface area contributed by atoms with Gasteiger partial charge in [0, 0.05) is 6.42 Å². The van der Waals surface area contributed by atoms with Crippen molar-refractivity contribution in [1.29, 1.82) is 5.41 Å². The number of aliphatic hydroxyl groups is 1. The van der Waals surface area contributed by atoms with Crippen molar-refractivity contribution in [3.05, 3.63) is 0 Å². The highest BCUT2D eigenvalue weighted by molar-refractivity contribution is 6.26. The Morgan fingerprint density at radius 2 is 1.91 bits per heavy atom. The topological polar surface area (TPSA) is 117 Å². The Bertz CT molecular complexity index is 395. The minimum Gasteiger partial charge on any atom is -0.461 e. The van der Waals surface area contributed by atoms with Gasteiger partial charge in [-0.1, -0.05) is 19.8 Å². The average Bonchev–Trinajstić information content (AvgIpc) is 2.47. The van der Waals surface area contributed by atoms with Gasteiger partial charge < -0.3 is 20.6 Å². The second kappa shape index (κ2) is 10.9. The number of aliphatic hydroxyl groups excluding tert-OH is 1. The Balaban J connectivity index is 4.68. The smallest absolute Gasteiger partial charge is 0.328 e. The Morgan fingerprint density at radius 1 is 1.27 bits per heavy atom. The molecule has 1 amide bonds. The summed E-state index contributed by atoms with van der Waals surface area (Å²) in [7, 11) is 0. The monoisotopic (exact) mass is 314 g/mol. The van der Waals surface area contributed by atoms with Crippen LogP contribution in [0.5, 0.6) is 0 Å². The predicted octanol–water partition coefficient (Wildman–Crippen LogP) is 0.973. The maximum Gasteiger partial charge on any atom is 0.328 e. The molecule has 0 aliphatic carbocycles. The molecule has 0 aliphatic rings. The highest BCUT2D eigenvalue weighted by Gasteiger charge is 2.26. The van der Waals surface area contributed by atoms with E-state index in [4.69, 9.17) is 10.1 Å². The van der Waals surface area contributed by atoms with E-state index in [2.05, 4.69) is 5.32 Å². The average molecular weight is 314 g/mol. The normalized spacial score (nSPS) is 13.3. The molecule has 22 heavy (non-hydrogen) atoms. The summed E-state index contributed by atoms with van der Waals surface area (Å²) >= 11 is 0. The van der Waals surface area contributed by atoms with Gasteiger partial charge in [-0.3, -0.25) is 9.59 Å². The highest BCUT2D eigenvalue weighted by Crippen LogP contribution is 2.06. The van der Waals surface area contributed by atoms with Gasteiger partial charge in [0.15, 0.2) is 5.78 Å². The van der Waals surface area contributed by atoms with Crippen LogP contribution >= 0.6 is 0 Å². The van der Waals surface area contributed by atoms with Crippen molar-refractivity contribution in [1.82, 2.24) is 5.32 Å². The lowest BCUT2D eigenvalue weighted by Crippen LogP contribution is -2.46. The third-order valence-corrected chi connectivity index (χ3v) is 2.93. The summed E-state index contributed by atoms with van der Waals surface area (Å²) < 4.78 is 5.04. The Hall–Kier alpha value is -1.76. The number of ether oxygens (including phenoxy) is 1. The van der Waals surface area contributed by atoms with Crippen LogP contribution in [0.25, 0.3) is 0 Å². The Morgan fingerprint density at radius 3 is 2.41 bits per heavy atom. The number of hydrogen-bond acceptors (Lipinski definition) is 6. The molecule has 2 atom stereocenters. The van der Waals surface area contributed by atoms with E-state index in [9.17, 15) is 19.5 Å². The molecular weight excluding hydrogens is 288 g/mol. The summed E-state index contributed by atoms with van der Waals surface area (Å²) in [4.78, 5) is 35.0. The van der Waals surface area contributed by atoms with Crippen LogP contribution in [0.2, 0.25) is 0 Å². The van der Waals surface area contributed by atoms with E-state index >= 15 is 0 Å². The number of carbonyl (C=O) groups excluding carboxylic acids is 3. The molecule has 0 heterocycles. The zero-order chi connectivity index (χ0) is 17.1. The van der Waals surface area contributed by atoms with E-state index in [1.54, 1.807) is 13.8 Å². The fraction of sp³-hybridized carbons (Fsp3) is 0.733. The van der Waals surface area contributed by atoms with Gasteiger partial charge in [0.2, 0.25) is 5.91 Å². The van der Waals surface area contributed by atoms with Crippen molar-refractivity contribution < 1.29 is 24.2 Å². The van der Waals surface area contributed by atoms with Gasteiger partial charge in [-0.15, -0.1) is 0 Å². The maximum absolute atomic E-state index is 11.9. The number of amides is 1. The van der Waals surface area contributed by atoms with Crippen molar-refractivity contribution in [2.75, 3.05) is 0 Å². The minimum absolute atomic E-state index is 0.0337. The Kier molecular flexibility index (Phi) is 10.0. The number of Topliss-reactive ketones (excluding diaryl/α,β-unsaturated/α-hetero) is 1. The molecule has 0 spiro atoms. The molecule has 0 aromatic heterocycles. The SMILES string of the molecule is CCCC[C@H](O)C(=O)N[C@@H](CCC(=O)C=N)C(=O)OC(C)C. The van der Waals surface area contributed by atoms with E-state index in [1.165, 1.54) is 0 Å². The molecule has 3 N–H and O–H groups in total. The van der Waals surface area contributed by atoms with Crippen molar-refractivity contribution in [2.24, 2.45) is 0 Å². The molecule has 0 radical (unpaired) electrons. The quantitative estimate of drug-likeness (QED) is 0.388. The zero-order valence-corrected chi connectivity index (χ0v) is 13.4. The third kappa shape index (κ3) is 8.51. The summed E-state index contributed by atoms with van der Waals surface area (Å²) in [5.74, 6) is -1.74. The van der Waals surface area contributed by atoms with Gasteiger partial charge >= 0.3 is 5.97 Å². The van der Waals surface area contributed by atoms with Gasteiger partial charge in [0.25, 0.3) is 0 Å². The summed E-state index contributed by atoms with van der Waals surface area (Å²) in [6.07, 6.45) is 0.969. The summed E-state index contributed by atoms with van der Waals surface area (Å²) in [6, 6.07) is -1.00. The molecule has 0 bridgehead atoms. The van der Waals surface area contributed by atoms with Crippen molar-refractivity contribution in [3.8, 4) is 0 Å². The lowest BCUT2D eigenvalue weighted by atomic mass is 10.1. The van der Waals surface area contributed by atoms with E-state index < -0.39 is 29.8 Å². The first-order valence-electron chi connectivity index (χ1n) is 7.54. The predicted molar refractivity (Wildman–Crippen MR) is 81.7 cm³/mol. The van der Waals surface area contributed by atoms with Crippen LogP contribution in [0.1, 0.15) is 52.9 Å². The number of carbonyl (C=O) groups is 3. The molecule has 0 unspecified atom stereocenters. The molecule has 0 aromatic carbocycles. The maximum atomic E-state index is 11.9. The van der Waals surface area contributed by atoms with Gasteiger partial charge in [-0.25, -0.2) is 4.79 Å². The van der Waals surface area contributed by atoms with Crippen molar-refractivity contribution in [2.45, 2.75) is 71.1 Å². The zero-order valence-electron chi connectivity index (χ0n) is 13.4. The van der Waals surface area contributed by atoms with Crippen LogP contribution in [-0.2, 0) is 19.1 Å². The second-order valence-corrected chi connectivity index (χ2v) is 5.35. The second-order valence-electron chi connectivity index (χ2n) is 5.35. The van der Waals surface area contributed by atoms with Gasteiger partial charge in [-0.2, -0.15) is 0 Å². The van der Waals surface area contributed by atoms with Gasteiger partial charge in [0.1, 0.15) is 12.1 Å². The van der Waals surface area contributed by atoms with Gasteiger partial charge in [0.05, 0.1) is 12.3 Å². The molecule has 7 heteroatoms. The van der Waals surface area contributed by atoms with Crippen LogP contribution in [0, 0.1) is 5.41 Å². The van der Waals surface area contributed by atoms with E-state index in [0.29, 0.717) is 19.1 Å². The fourth-order valence-electron chi connectivity index (χ4n) is 1.72. The lowest BCUT2D eigenvalue weighted by Gasteiger charge is -2.20. The molecule has 0 saturated carbocycles. The van der Waals surface area contributed by atoms with E-state index in [1.807, 2.05) is 6.92 Å². The number of hydrogen-bond donors (Lipinski definition) is 3. The summed E-state index contributed by atoms with van der Waals surface area (Å²) in [5, 5.41) is 19.0. The molecule has 7 nitrogen and oxygen atoms in total. The largest absolute Gasteiger partial charge is 0.461 e. The molecule has 0 aliphatic heterocycles. The number of unbranched alkanes of at least 4 members (excludes halogenated alkanes) is 1. The number of ketones is 1. The minimum atomic E-state index is -1.19. The molecule has 0 fully saturated rings. The first kappa shape index (κ1) is 20.2. The van der Waals surface area contributed by atoms with Crippen LogP contribution in [0.3, 0.4) is 0 Å². The first-order chi connectivity index (χ1) is 10.3. The lowest BCUT2D eigenvalue weighted by molar-refractivity contribution is -0.152.